The lowest BCUT2D eigenvalue weighted by Crippen LogP contribution is -2.47. The van der Waals surface area contributed by atoms with Crippen LogP contribution in [-0.4, -0.2) is 24.0 Å². The van der Waals surface area contributed by atoms with Gasteiger partial charge >= 0.3 is 0 Å². The number of likely N-dealkylation sites (tertiary alicyclic amines) is 1. The molecule has 0 aromatic carbocycles. The molecule has 1 fully saturated rings. The third-order valence-corrected chi connectivity index (χ3v) is 3.09. The van der Waals surface area contributed by atoms with Gasteiger partial charge in [-0.3, -0.25) is 4.90 Å². The van der Waals surface area contributed by atoms with E-state index < -0.39 is 0 Å². The molecule has 0 spiro atoms. The SMILES string of the molecule is CC1CCN(Cc2ccoc2)CC1N. The molecular formula is C11H18N2O. The maximum atomic E-state index is 6.03. The lowest BCUT2D eigenvalue weighted by molar-refractivity contribution is 0.162. The number of nitrogens with zero attached hydrogens (tertiary/aromatic N) is 1. The molecule has 1 aliphatic heterocycles. The van der Waals surface area contributed by atoms with Crippen molar-refractivity contribution in [3.05, 3.63) is 24.2 Å². The highest BCUT2D eigenvalue weighted by Crippen LogP contribution is 2.17. The average Bonchev–Trinajstić information content (AvgIpc) is 2.64. The van der Waals surface area contributed by atoms with Gasteiger partial charge in [0.05, 0.1) is 12.5 Å². The summed E-state index contributed by atoms with van der Waals surface area (Å²) < 4.78 is 5.05. The van der Waals surface area contributed by atoms with Crippen molar-refractivity contribution in [1.82, 2.24) is 4.90 Å². The van der Waals surface area contributed by atoms with Crippen molar-refractivity contribution in [2.75, 3.05) is 13.1 Å². The maximum Gasteiger partial charge on any atom is 0.0947 e. The molecular weight excluding hydrogens is 176 g/mol. The zero-order chi connectivity index (χ0) is 9.97. The molecule has 0 saturated carbocycles. The summed E-state index contributed by atoms with van der Waals surface area (Å²) in [5.41, 5.74) is 7.27. The van der Waals surface area contributed by atoms with Crippen LogP contribution in [0.15, 0.2) is 23.0 Å². The zero-order valence-electron chi connectivity index (χ0n) is 8.65. The fourth-order valence-electron chi connectivity index (χ4n) is 1.95. The Morgan fingerprint density at radius 2 is 2.50 bits per heavy atom. The van der Waals surface area contributed by atoms with Crippen molar-refractivity contribution >= 4 is 0 Å². The van der Waals surface area contributed by atoms with Gasteiger partial charge in [0, 0.05) is 24.7 Å². The van der Waals surface area contributed by atoms with Crippen molar-refractivity contribution in [2.24, 2.45) is 11.7 Å². The van der Waals surface area contributed by atoms with E-state index in [1.165, 1.54) is 12.0 Å². The molecule has 0 radical (unpaired) electrons. The van der Waals surface area contributed by atoms with Crippen molar-refractivity contribution < 1.29 is 4.42 Å². The van der Waals surface area contributed by atoms with Crippen LogP contribution in [0.4, 0.5) is 0 Å². The predicted molar refractivity (Wildman–Crippen MR) is 55.7 cm³/mol. The molecule has 2 rings (SSSR count). The second-order valence-electron chi connectivity index (χ2n) is 4.30. The molecule has 2 unspecified atom stereocenters. The predicted octanol–water partition coefficient (Wildman–Crippen LogP) is 1.45. The van der Waals surface area contributed by atoms with Crippen molar-refractivity contribution in [3.63, 3.8) is 0 Å². The summed E-state index contributed by atoms with van der Waals surface area (Å²) in [6, 6.07) is 2.35. The van der Waals surface area contributed by atoms with Crippen LogP contribution >= 0.6 is 0 Å². The van der Waals surface area contributed by atoms with Gasteiger partial charge in [-0.2, -0.15) is 0 Å². The number of nitrogens with two attached hydrogens (primary N) is 1. The highest BCUT2D eigenvalue weighted by atomic mass is 16.3. The van der Waals surface area contributed by atoms with Crippen molar-refractivity contribution in [2.45, 2.75) is 25.9 Å². The van der Waals surface area contributed by atoms with Gasteiger partial charge in [-0.05, 0) is 24.9 Å². The molecule has 3 heteroatoms. The first-order valence-corrected chi connectivity index (χ1v) is 5.24. The van der Waals surface area contributed by atoms with Gasteiger partial charge in [-0.15, -0.1) is 0 Å². The Morgan fingerprint density at radius 3 is 3.14 bits per heavy atom. The lowest BCUT2D eigenvalue weighted by atomic mass is 9.94. The monoisotopic (exact) mass is 194 g/mol. The first kappa shape index (κ1) is 9.74. The minimum atomic E-state index is 0.329. The van der Waals surface area contributed by atoms with Gasteiger partial charge in [0.15, 0.2) is 0 Å². The first-order chi connectivity index (χ1) is 6.75. The van der Waals surface area contributed by atoms with Gasteiger partial charge in [-0.25, -0.2) is 0 Å². The van der Waals surface area contributed by atoms with E-state index >= 15 is 0 Å². The summed E-state index contributed by atoms with van der Waals surface area (Å²) in [5.74, 6) is 0.663. The fraction of sp³-hybridized carbons (Fsp3) is 0.636. The lowest BCUT2D eigenvalue weighted by Gasteiger charge is -2.34. The summed E-state index contributed by atoms with van der Waals surface area (Å²) in [6.07, 6.45) is 4.74. The molecule has 2 N–H and O–H groups in total. The highest BCUT2D eigenvalue weighted by Gasteiger charge is 2.22. The van der Waals surface area contributed by atoms with Crippen LogP contribution in [-0.2, 0) is 6.54 Å². The summed E-state index contributed by atoms with van der Waals surface area (Å²) in [5, 5.41) is 0. The van der Waals surface area contributed by atoms with Crippen LogP contribution in [0.1, 0.15) is 18.9 Å². The maximum absolute atomic E-state index is 6.03. The van der Waals surface area contributed by atoms with Crippen molar-refractivity contribution in [3.8, 4) is 0 Å². The van der Waals surface area contributed by atoms with Crippen molar-refractivity contribution in [1.29, 1.82) is 0 Å². The van der Waals surface area contributed by atoms with Crippen LogP contribution in [0.25, 0.3) is 0 Å². The number of hydrogen-bond acceptors (Lipinski definition) is 3. The Hall–Kier alpha value is -0.800. The fourth-order valence-corrected chi connectivity index (χ4v) is 1.95. The van der Waals surface area contributed by atoms with E-state index in [4.69, 9.17) is 10.2 Å². The Kier molecular flexibility index (Phi) is 2.89. The van der Waals surface area contributed by atoms with E-state index in [0.29, 0.717) is 12.0 Å². The minimum absolute atomic E-state index is 0.329. The van der Waals surface area contributed by atoms with E-state index in [9.17, 15) is 0 Å². The smallest absolute Gasteiger partial charge is 0.0947 e. The molecule has 2 atom stereocenters. The first-order valence-electron chi connectivity index (χ1n) is 5.24. The minimum Gasteiger partial charge on any atom is -0.472 e. The third-order valence-electron chi connectivity index (χ3n) is 3.09. The molecule has 0 aliphatic carbocycles. The average molecular weight is 194 g/mol. The van der Waals surface area contributed by atoms with Gasteiger partial charge in [0.25, 0.3) is 0 Å². The standard InChI is InChI=1S/C11H18N2O/c1-9-2-4-13(7-11(9)12)6-10-3-5-14-8-10/h3,5,8-9,11H,2,4,6-7,12H2,1H3. The summed E-state index contributed by atoms with van der Waals surface area (Å²) >= 11 is 0. The molecule has 1 aromatic heterocycles. The van der Waals surface area contributed by atoms with E-state index in [1.54, 1.807) is 6.26 Å². The molecule has 78 valence electrons. The topological polar surface area (TPSA) is 42.4 Å². The van der Waals surface area contributed by atoms with E-state index in [0.717, 1.165) is 19.6 Å². The van der Waals surface area contributed by atoms with E-state index in [2.05, 4.69) is 11.8 Å². The quantitative estimate of drug-likeness (QED) is 0.774. The van der Waals surface area contributed by atoms with Gasteiger partial charge in [0.2, 0.25) is 0 Å². The van der Waals surface area contributed by atoms with E-state index in [-0.39, 0.29) is 0 Å². The van der Waals surface area contributed by atoms with Gasteiger partial charge < -0.3 is 10.2 Å². The summed E-state index contributed by atoms with van der Waals surface area (Å²) in [7, 11) is 0. The molecule has 3 nitrogen and oxygen atoms in total. The zero-order valence-corrected chi connectivity index (χ0v) is 8.65. The molecule has 1 aliphatic rings. The number of hydrogen-bond donors (Lipinski definition) is 1. The van der Waals surface area contributed by atoms with Gasteiger partial charge in [-0.1, -0.05) is 6.92 Å². The van der Waals surface area contributed by atoms with Gasteiger partial charge in [0.1, 0.15) is 0 Å². The molecule has 0 amide bonds. The summed E-state index contributed by atoms with van der Waals surface area (Å²) in [4.78, 5) is 2.40. The van der Waals surface area contributed by atoms with Crippen LogP contribution in [0.3, 0.4) is 0 Å². The molecule has 14 heavy (non-hydrogen) atoms. The second-order valence-corrected chi connectivity index (χ2v) is 4.30. The van der Waals surface area contributed by atoms with Crippen LogP contribution in [0.5, 0.6) is 0 Å². The third kappa shape index (κ3) is 2.16. The Morgan fingerprint density at radius 1 is 1.64 bits per heavy atom. The van der Waals surface area contributed by atoms with Crippen LogP contribution in [0.2, 0.25) is 0 Å². The Bertz CT molecular complexity index is 271. The van der Waals surface area contributed by atoms with Crippen LogP contribution in [0, 0.1) is 5.92 Å². The Balaban J connectivity index is 1.88. The molecule has 1 saturated heterocycles. The second kappa shape index (κ2) is 4.15. The Labute approximate surface area is 84.9 Å². The van der Waals surface area contributed by atoms with Crippen LogP contribution < -0.4 is 5.73 Å². The largest absolute Gasteiger partial charge is 0.472 e. The molecule has 0 bridgehead atoms. The number of furan rings is 1. The molecule has 1 aromatic rings. The summed E-state index contributed by atoms with van der Waals surface area (Å²) in [6.45, 7) is 5.36. The molecule has 2 heterocycles. The van der Waals surface area contributed by atoms with E-state index in [1.807, 2.05) is 12.3 Å². The number of rotatable bonds is 2. The number of piperidine rings is 1. The normalized spacial score (nSPS) is 29.3. The highest BCUT2D eigenvalue weighted by molar-refractivity contribution is 5.05.